The highest BCUT2D eigenvalue weighted by atomic mass is 32.2. The van der Waals surface area contributed by atoms with Crippen LogP contribution >= 0.6 is 11.8 Å². The molecule has 0 radical (unpaired) electrons. The highest BCUT2D eigenvalue weighted by molar-refractivity contribution is 7.99. The predicted octanol–water partition coefficient (Wildman–Crippen LogP) is 1.17. The van der Waals surface area contributed by atoms with Crippen LogP contribution in [0.4, 0.5) is 0 Å². The first-order chi connectivity index (χ1) is 9.50. The van der Waals surface area contributed by atoms with Gasteiger partial charge in [-0.05, 0) is 38.5 Å². The van der Waals surface area contributed by atoms with Crippen molar-refractivity contribution in [3.8, 4) is 0 Å². The third kappa shape index (κ3) is 8.09. The second-order valence-corrected chi connectivity index (χ2v) is 6.27. The molecule has 5 nitrogen and oxygen atoms in total. The molecule has 2 unspecified atom stereocenters. The number of rotatable bonds is 12. The molecule has 20 heavy (non-hydrogen) atoms. The lowest BCUT2D eigenvalue weighted by Crippen LogP contribution is -2.50. The van der Waals surface area contributed by atoms with E-state index in [0.717, 1.165) is 38.0 Å². The van der Waals surface area contributed by atoms with E-state index in [4.69, 9.17) is 9.84 Å². The molecule has 0 aromatic rings. The van der Waals surface area contributed by atoms with E-state index < -0.39 is 11.6 Å². The molecule has 0 bridgehead atoms. The van der Waals surface area contributed by atoms with Crippen LogP contribution in [0.1, 0.15) is 39.5 Å². The van der Waals surface area contributed by atoms with Crippen molar-refractivity contribution in [2.45, 2.75) is 51.2 Å². The predicted molar refractivity (Wildman–Crippen MR) is 83.0 cm³/mol. The van der Waals surface area contributed by atoms with E-state index in [2.05, 4.69) is 12.2 Å². The molecule has 120 valence electrons. The monoisotopic (exact) mass is 307 g/mol. The van der Waals surface area contributed by atoms with Crippen molar-refractivity contribution in [1.82, 2.24) is 5.32 Å². The van der Waals surface area contributed by atoms with Gasteiger partial charge < -0.3 is 20.3 Å². The Morgan fingerprint density at radius 2 is 2.15 bits per heavy atom. The summed E-state index contributed by atoms with van der Waals surface area (Å²) in [5.41, 5.74) is -0.611. The Bertz CT molecular complexity index is 266. The van der Waals surface area contributed by atoms with Gasteiger partial charge in [-0.3, -0.25) is 4.79 Å². The van der Waals surface area contributed by atoms with Crippen molar-refractivity contribution in [2.24, 2.45) is 0 Å². The maximum atomic E-state index is 11.8. The number of nitrogens with one attached hydrogen (secondary N) is 1. The first kappa shape index (κ1) is 19.7. The van der Waals surface area contributed by atoms with Gasteiger partial charge in [-0.1, -0.05) is 13.3 Å². The smallest absolute Gasteiger partial charge is 0.325 e. The summed E-state index contributed by atoms with van der Waals surface area (Å²) in [5.74, 6) is 1.26. The molecule has 0 aromatic heterocycles. The van der Waals surface area contributed by atoms with Gasteiger partial charge >= 0.3 is 5.97 Å². The zero-order valence-corrected chi connectivity index (χ0v) is 13.7. The van der Waals surface area contributed by atoms with E-state index in [0.29, 0.717) is 5.75 Å². The SMILES string of the molecule is CCCNC(C)(CCCCSCC(O)CO)C(=O)OC. The van der Waals surface area contributed by atoms with Crippen molar-refractivity contribution >= 4 is 17.7 Å². The Morgan fingerprint density at radius 1 is 1.45 bits per heavy atom. The second kappa shape index (κ2) is 11.4. The van der Waals surface area contributed by atoms with Crippen LogP contribution in [0.25, 0.3) is 0 Å². The van der Waals surface area contributed by atoms with E-state index >= 15 is 0 Å². The van der Waals surface area contributed by atoms with Gasteiger partial charge in [0.05, 0.1) is 19.8 Å². The van der Waals surface area contributed by atoms with E-state index in [-0.39, 0.29) is 12.6 Å². The van der Waals surface area contributed by atoms with Crippen molar-refractivity contribution in [3.05, 3.63) is 0 Å². The van der Waals surface area contributed by atoms with Crippen LogP contribution in [0.5, 0.6) is 0 Å². The Balaban J connectivity index is 3.93. The van der Waals surface area contributed by atoms with Crippen molar-refractivity contribution < 1.29 is 19.7 Å². The van der Waals surface area contributed by atoms with E-state index in [1.807, 2.05) is 6.92 Å². The van der Waals surface area contributed by atoms with E-state index in [9.17, 15) is 9.90 Å². The van der Waals surface area contributed by atoms with Gasteiger partial charge in [0.15, 0.2) is 0 Å². The molecule has 0 aromatic carbocycles. The van der Waals surface area contributed by atoms with Crippen LogP contribution in [-0.2, 0) is 9.53 Å². The molecular formula is C14H29NO4S. The minimum atomic E-state index is -0.633. The Kier molecular flexibility index (Phi) is 11.2. The van der Waals surface area contributed by atoms with Crippen LogP contribution in [-0.4, -0.2) is 59.6 Å². The number of esters is 1. The fraction of sp³-hybridized carbons (Fsp3) is 0.929. The first-order valence-electron chi connectivity index (χ1n) is 7.20. The first-order valence-corrected chi connectivity index (χ1v) is 8.35. The van der Waals surface area contributed by atoms with Crippen molar-refractivity contribution in [2.75, 3.05) is 31.8 Å². The van der Waals surface area contributed by atoms with Gasteiger partial charge in [0.2, 0.25) is 0 Å². The Morgan fingerprint density at radius 3 is 2.70 bits per heavy atom. The number of methoxy groups -OCH3 is 1. The molecule has 0 saturated carbocycles. The summed E-state index contributed by atoms with van der Waals surface area (Å²) in [6.07, 6.45) is 2.98. The minimum Gasteiger partial charge on any atom is -0.468 e. The summed E-state index contributed by atoms with van der Waals surface area (Å²) < 4.78 is 4.87. The van der Waals surface area contributed by atoms with Crippen LogP contribution < -0.4 is 5.32 Å². The molecule has 0 aliphatic carbocycles. The maximum absolute atomic E-state index is 11.8. The summed E-state index contributed by atoms with van der Waals surface area (Å²) in [6, 6.07) is 0. The molecule has 3 N–H and O–H groups in total. The number of thioether (sulfide) groups is 1. The summed E-state index contributed by atoms with van der Waals surface area (Å²) in [5, 5.41) is 21.2. The fourth-order valence-corrected chi connectivity index (χ4v) is 2.80. The van der Waals surface area contributed by atoms with Gasteiger partial charge in [-0.25, -0.2) is 0 Å². The molecule has 0 heterocycles. The summed E-state index contributed by atoms with van der Waals surface area (Å²) in [4.78, 5) is 11.8. The molecule has 0 aliphatic heterocycles. The van der Waals surface area contributed by atoms with E-state index in [1.165, 1.54) is 7.11 Å². The molecular weight excluding hydrogens is 278 g/mol. The molecule has 6 heteroatoms. The van der Waals surface area contributed by atoms with Crippen molar-refractivity contribution in [1.29, 1.82) is 0 Å². The highest BCUT2D eigenvalue weighted by Gasteiger charge is 2.32. The number of carbonyl (C=O) groups is 1. The van der Waals surface area contributed by atoms with Gasteiger partial charge in [0.25, 0.3) is 0 Å². The Hall–Kier alpha value is -0.300. The molecule has 2 atom stereocenters. The minimum absolute atomic E-state index is 0.186. The van der Waals surface area contributed by atoms with Crippen LogP contribution in [0.15, 0.2) is 0 Å². The second-order valence-electron chi connectivity index (χ2n) is 5.12. The van der Waals surface area contributed by atoms with Crippen LogP contribution in [0.2, 0.25) is 0 Å². The largest absolute Gasteiger partial charge is 0.468 e. The normalized spacial score (nSPS) is 15.7. The third-order valence-electron chi connectivity index (χ3n) is 3.14. The van der Waals surface area contributed by atoms with Crippen LogP contribution in [0, 0.1) is 0 Å². The molecule has 0 amide bonds. The number of carbonyl (C=O) groups excluding carboxylic acids is 1. The zero-order valence-electron chi connectivity index (χ0n) is 12.9. The van der Waals surface area contributed by atoms with Gasteiger partial charge in [-0.15, -0.1) is 0 Å². The zero-order chi connectivity index (χ0) is 15.4. The number of unbranched alkanes of at least 4 members (excludes halogenated alkanes) is 1. The quantitative estimate of drug-likeness (QED) is 0.371. The molecule has 0 saturated heterocycles. The molecule has 0 fully saturated rings. The summed E-state index contributed by atoms with van der Waals surface area (Å²) in [7, 11) is 1.42. The standard InChI is InChI=1S/C14H29NO4S/c1-4-8-15-14(2,13(18)19-3)7-5-6-9-20-11-12(17)10-16/h12,15-17H,4-11H2,1-3H3. The van der Waals surface area contributed by atoms with Crippen molar-refractivity contribution in [3.63, 3.8) is 0 Å². The van der Waals surface area contributed by atoms with Gasteiger partial charge in [-0.2, -0.15) is 11.8 Å². The average molecular weight is 307 g/mol. The number of aliphatic hydroxyl groups is 2. The molecule has 0 rings (SSSR count). The molecule has 0 aliphatic rings. The topological polar surface area (TPSA) is 78.8 Å². The number of ether oxygens (including phenoxy) is 1. The fourth-order valence-electron chi connectivity index (χ4n) is 1.84. The Labute approximate surface area is 126 Å². The van der Waals surface area contributed by atoms with Gasteiger partial charge in [0.1, 0.15) is 5.54 Å². The van der Waals surface area contributed by atoms with Gasteiger partial charge in [0, 0.05) is 5.75 Å². The lowest BCUT2D eigenvalue weighted by molar-refractivity contribution is -0.148. The lowest BCUT2D eigenvalue weighted by Gasteiger charge is -2.28. The summed E-state index contributed by atoms with van der Waals surface area (Å²) in [6.45, 7) is 4.56. The number of hydrogen-bond acceptors (Lipinski definition) is 6. The maximum Gasteiger partial charge on any atom is 0.325 e. The number of aliphatic hydroxyl groups excluding tert-OH is 2. The average Bonchev–Trinajstić information content (AvgIpc) is 2.47. The number of hydrogen-bond donors (Lipinski definition) is 3. The lowest BCUT2D eigenvalue weighted by atomic mass is 9.95. The highest BCUT2D eigenvalue weighted by Crippen LogP contribution is 2.17. The third-order valence-corrected chi connectivity index (χ3v) is 4.34. The molecule has 0 spiro atoms. The van der Waals surface area contributed by atoms with Crippen LogP contribution in [0.3, 0.4) is 0 Å². The summed E-state index contributed by atoms with van der Waals surface area (Å²) >= 11 is 1.62. The van der Waals surface area contributed by atoms with E-state index in [1.54, 1.807) is 11.8 Å².